The van der Waals surface area contributed by atoms with Gasteiger partial charge in [-0.25, -0.2) is 0 Å². The van der Waals surface area contributed by atoms with Gasteiger partial charge < -0.3 is 20.5 Å². The van der Waals surface area contributed by atoms with E-state index in [1.807, 2.05) is 13.8 Å². The third kappa shape index (κ3) is 6.15. The van der Waals surface area contributed by atoms with Crippen molar-refractivity contribution in [2.24, 2.45) is 11.7 Å². The maximum atomic E-state index is 12.6. The summed E-state index contributed by atoms with van der Waals surface area (Å²) >= 11 is 3.44. The molecule has 0 spiro atoms. The average Bonchev–Trinajstić information content (AvgIpc) is 2.48. The summed E-state index contributed by atoms with van der Waals surface area (Å²) < 4.78 is 11.6. The van der Waals surface area contributed by atoms with Crippen LogP contribution in [0.1, 0.15) is 44.5 Å². The summed E-state index contributed by atoms with van der Waals surface area (Å²) in [4.78, 5) is 12.6. The molecule has 0 bridgehead atoms. The third-order valence-corrected chi connectivity index (χ3v) is 4.09. The quantitative estimate of drug-likeness (QED) is 0.667. The number of methoxy groups -OCH3 is 1. The molecule has 0 radical (unpaired) electrons. The zero-order valence-electron chi connectivity index (χ0n) is 14.9. The Bertz CT molecular complexity index is 555. The van der Waals surface area contributed by atoms with Crippen molar-refractivity contribution in [2.75, 3.05) is 20.3 Å². The van der Waals surface area contributed by atoms with Crippen molar-refractivity contribution >= 4 is 34.2 Å². The van der Waals surface area contributed by atoms with Gasteiger partial charge >= 0.3 is 0 Å². The number of halogens is 2. The van der Waals surface area contributed by atoms with E-state index in [0.29, 0.717) is 40.6 Å². The number of ether oxygens (including phenoxy) is 2. The Labute approximate surface area is 159 Å². The van der Waals surface area contributed by atoms with Crippen LogP contribution < -0.4 is 20.5 Å². The van der Waals surface area contributed by atoms with Crippen molar-refractivity contribution in [3.8, 4) is 11.5 Å². The lowest BCUT2D eigenvalue weighted by molar-refractivity contribution is 0.0897. The molecule has 0 aliphatic heterocycles. The van der Waals surface area contributed by atoms with E-state index in [4.69, 9.17) is 15.2 Å². The van der Waals surface area contributed by atoms with Crippen molar-refractivity contribution < 1.29 is 14.3 Å². The molecular weight excluding hydrogens is 396 g/mol. The smallest absolute Gasteiger partial charge is 0.251 e. The third-order valence-electron chi connectivity index (χ3n) is 3.50. The van der Waals surface area contributed by atoms with E-state index in [1.54, 1.807) is 19.2 Å². The molecule has 1 rings (SSSR count). The van der Waals surface area contributed by atoms with Gasteiger partial charge in [0.1, 0.15) is 0 Å². The lowest BCUT2D eigenvalue weighted by Crippen LogP contribution is -2.52. The fraction of sp³-hybridized carbons (Fsp3) is 0.588. The number of amides is 1. The van der Waals surface area contributed by atoms with Crippen LogP contribution >= 0.6 is 28.3 Å². The highest BCUT2D eigenvalue weighted by Crippen LogP contribution is 2.36. The van der Waals surface area contributed by atoms with E-state index in [-0.39, 0.29) is 18.3 Å². The lowest BCUT2D eigenvalue weighted by Gasteiger charge is -2.31. The molecule has 0 aliphatic rings. The van der Waals surface area contributed by atoms with E-state index < -0.39 is 5.54 Å². The second-order valence-electron chi connectivity index (χ2n) is 6.24. The molecule has 0 aliphatic carbocycles. The summed E-state index contributed by atoms with van der Waals surface area (Å²) in [6.45, 7) is 8.97. The maximum Gasteiger partial charge on any atom is 0.251 e. The van der Waals surface area contributed by atoms with Gasteiger partial charge in [0.2, 0.25) is 0 Å². The number of benzene rings is 1. The van der Waals surface area contributed by atoms with Crippen molar-refractivity contribution in [2.45, 2.75) is 39.7 Å². The van der Waals surface area contributed by atoms with Crippen molar-refractivity contribution in [3.63, 3.8) is 0 Å². The Hall–Kier alpha value is -0.980. The molecule has 0 saturated carbocycles. The van der Waals surface area contributed by atoms with Crippen LogP contribution in [0.15, 0.2) is 16.6 Å². The van der Waals surface area contributed by atoms with E-state index in [1.165, 1.54) is 0 Å². The standard InChI is InChI=1S/C17H27BrN2O3.ClH/c1-6-23-15-13(18)7-12(8-14(15)22-5)16(21)20-17(4,10-19)9-11(2)3;/h7-8,11H,6,9-10,19H2,1-5H3,(H,20,21);1H. The molecule has 0 saturated heterocycles. The van der Waals surface area contributed by atoms with Gasteiger partial charge in [0.25, 0.3) is 5.91 Å². The second-order valence-corrected chi connectivity index (χ2v) is 7.09. The van der Waals surface area contributed by atoms with Crippen molar-refractivity contribution in [1.82, 2.24) is 5.32 Å². The Morgan fingerprint density at radius 3 is 2.50 bits per heavy atom. The zero-order chi connectivity index (χ0) is 17.6. The van der Waals surface area contributed by atoms with Gasteiger partial charge in [0.05, 0.1) is 18.2 Å². The first-order valence-corrected chi connectivity index (χ1v) is 8.58. The van der Waals surface area contributed by atoms with E-state index in [0.717, 1.165) is 6.42 Å². The largest absolute Gasteiger partial charge is 0.493 e. The summed E-state index contributed by atoms with van der Waals surface area (Å²) in [7, 11) is 1.55. The van der Waals surface area contributed by atoms with E-state index >= 15 is 0 Å². The zero-order valence-corrected chi connectivity index (χ0v) is 17.3. The summed E-state index contributed by atoms with van der Waals surface area (Å²) in [5.74, 6) is 1.37. The molecule has 1 unspecified atom stereocenters. The van der Waals surface area contributed by atoms with Crippen LogP contribution in [0.5, 0.6) is 11.5 Å². The van der Waals surface area contributed by atoms with Crippen molar-refractivity contribution in [1.29, 1.82) is 0 Å². The van der Waals surface area contributed by atoms with Crippen LogP contribution in [-0.2, 0) is 0 Å². The van der Waals surface area contributed by atoms with Gasteiger partial charge in [-0.2, -0.15) is 0 Å². The Morgan fingerprint density at radius 1 is 1.42 bits per heavy atom. The number of hydrogen-bond donors (Lipinski definition) is 2. The minimum absolute atomic E-state index is 0. The van der Waals surface area contributed by atoms with Gasteiger partial charge in [-0.15, -0.1) is 12.4 Å². The molecule has 5 nitrogen and oxygen atoms in total. The molecule has 3 N–H and O–H groups in total. The number of nitrogens with one attached hydrogen (secondary N) is 1. The van der Waals surface area contributed by atoms with E-state index in [2.05, 4.69) is 35.1 Å². The summed E-state index contributed by atoms with van der Waals surface area (Å²) in [5.41, 5.74) is 5.92. The number of rotatable bonds is 8. The number of nitrogens with two attached hydrogens (primary N) is 1. The topological polar surface area (TPSA) is 73.6 Å². The second kappa shape index (κ2) is 10.1. The van der Waals surface area contributed by atoms with Gasteiger partial charge in [-0.05, 0) is 54.2 Å². The predicted octanol–water partition coefficient (Wildman–Crippen LogP) is 3.77. The number of carbonyl (C=O) groups excluding carboxylic acids is 1. The SMILES string of the molecule is CCOc1c(Br)cc(C(=O)NC(C)(CN)CC(C)C)cc1OC.Cl. The molecule has 0 aromatic heterocycles. The molecular formula is C17H28BrClN2O3. The molecule has 24 heavy (non-hydrogen) atoms. The van der Waals surface area contributed by atoms with Crippen LogP contribution in [-0.4, -0.2) is 31.7 Å². The molecule has 1 amide bonds. The summed E-state index contributed by atoms with van der Waals surface area (Å²) in [6.07, 6.45) is 0.810. The minimum Gasteiger partial charge on any atom is -0.493 e. The van der Waals surface area contributed by atoms with Gasteiger partial charge in [0.15, 0.2) is 11.5 Å². The molecule has 138 valence electrons. The fourth-order valence-corrected chi connectivity index (χ4v) is 3.12. The fourth-order valence-electron chi connectivity index (χ4n) is 2.57. The molecule has 1 atom stereocenters. The predicted molar refractivity (Wildman–Crippen MR) is 103 cm³/mol. The highest BCUT2D eigenvalue weighted by atomic mass is 79.9. The van der Waals surface area contributed by atoms with E-state index in [9.17, 15) is 4.79 Å². The Balaban J connectivity index is 0.00000529. The van der Waals surface area contributed by atoms with Crippen LogP contribution in [0.25, 0.3) is 0 Å². The molecule has 7 heteroatoms. The molecule has 1 aromatic carbocycles. The first-order valence-electron chi connectivity index (χ1n) is 7.79. The Kier molecular flexibility index (Phi) is 9.70. The van der Waals surface area contributed by atoms with Gasteiger partial charge in [-0.1, -0.05) is 13.8 Å². The van der Waals surface area contributed by atoms with Crippen LogP contribution in [0, 0.1) is 5.92 Å². The van der Waals surface area contributed by atoms with Crippen molar-refractivity contribution in [3.05, 3.63) is 22.2 Å². The van der Waals surface area contributed by atoms with Gasteiger partial charge in [0, 0.05) is 17.6 Å². The minimum atomic E-state index is -0.441. The lowest BCUT2D eigenvalue weighted by atomic mass is 9.90. The molecule has 0 fully saturated rings. The highest BCUT2D eigenvalue weighted by Gasteiger charge is 2.27. The molecule has 1 aromatic rings. The number of hydrogen-bond acceptors (Lipinski definition) is 4. The maximum absolute atomic E-state index is 12.6. The Morgan fingerprint density at radius 2 is 2.04 bits per heavy atom. The van der Waals surface area contributed by atoms with Crippen LogP contribution in [0.2, 0.25) is 0 Å². The van der Waals surface area contributed by atoms with Gasteiger partial charge in [-0.3, -0.25) is 4.79 Å². The number of carbonyl (C=O) groups is 1. The highest BCUT2D eigenvalue weighted by molar-refractivity contribution is 9.10. The van der Waals surface area contributed by atoms with Crippen LogP contribution in [0.3, 0.4) is 0 Å². The van der Waals surface area contributed by atoms with Crippen LogP contribution in [0.4, 0.5) is 0 Å². The first-order chi connectivity index (χ1) is 10.8. The first kappa shape index (κ1) is 23.0. The monoisotopic (exact) mass is 422 g/mol. The summed E-state index contributed by atoms with van der Waals surface area (Å²) in [5, 5.41) is 3.04. The average molecular weight is 424 g/mol. The normalized spacial score (nSPS) is 13.0. The molecule has 0 heterocycles. The summed E-state index contributed by atoms with van der Waals surface area (Å²) in [6, 6.07) is 3.41.